The summed E-state index contributed by atoms with van der Waals surface area (Å²) < 4.78 is 0. The third-order valence-corrected chi connectivity index (χ3v) is 4.93. The molecule has 6 heteroatoms. The number of urea groups is 1. The van der Waals surface area contributed by atoms with Gasteiger partial charge < -0.3 is 15.5 Å². The fourth-order valence-electron chi connectivity index (χ4n) is 2.32. The van der Waals surface area contributed by atoms with E-state index in [2.05, 4.69) is 0 Å². The smallest absolute Gasteiger partial charge is 0.314 e. The van der Waals surface area contributed by atoms with Crippen molar-refractivity contribution >= 4 is 23.7 Å². The van der Waals surface area contributed by atoms with Crippen LogP contribution in [0.1, 0.15) is 13.3 Å². The summed E-state index contributed by atoms with van der Waals surface area (Å²) in [4.78, 5) is 28.2. The van der Waals surface area contributed by atoms with E-state index in [0.29, 0.717) is 26.2 Å². The van der Waals surface area contributed by atoms with E-state index in [4.69, 9.17) is 5.73 Å². The Kier molecular flexibility index (Phi) is 5.50. The van der Waals surface area contributed by atoms with E-state index in [1.807, 2.05) is 42.2 Å². The Labute approximate surface area is 129 Å². The maximum absolute atomic E-state index is 12.6. The first kappa shape index (κ1) is 15.7. The van der Waals surface area contributed by atoms with Gasteiger partial charge in [0.15, 0.2) is 0 Å². The number of amides is 3. The second kappa shape index (κ2) is 7.36. The molecule has 1 aromatic carbocycles. The van der Waals surface area contributed by atoms with Gasteiger partial charge in [0.25, 0.3) is 0 Å². The van der Waals surface area contributed by atoms with Gasteiger partial charge in [0.05, 0.1) is 5.25 Å². The van der Waals surface area contributed by atoms with E-state index in [1.54, 1.807) is 16.7 Å². The highest BCUT2D eigenvalue weighted by Gasteiger charge is 2.27. The van der Waals surface area contributed by atoms with Crippen LogP contribution < -0.4 is 5.73 Å². The van der Waals surface area contributed by atoms with E-state index in [-0.39, 0.29) is 11.2 Å². The molecule has 3 amide bonds. The van der Waals surface area contributed by atoms with E-state index >= 15 is 0 Å². The Morgan fingerprint density at radius 3 is 2.24 bits per heavy atom. The van der Waals surface area contributed by atoms with Crippen LogP contribution in [0.2, 0.25) is 0 Å². The standard InChI is InChI=1S/C15H21N3O2S/c1-2-13(21-12-6-4-3-5-7-12)14(19)17-8-10-18(11-9-17)15(16)20/h3-7,13H,2,8-11H2,1H3,(H2,16,20)/t13-/m1/s1. The molecule has 0 spiro atoms. The molecule has 1 heterocycles. The van der Waals surface area contributed by atoms with Crippen molar-refractivity contribution in [3.63, 3.8) is 0 Å². The molecule has 21 heavy (non-hydrogen) atoms. The van der Waals surface area contributed by atoms with Crippen molar-refractivity contribution in [2.75, 3.05) is 26.2 Å². The molecule has 1 atom stereocenters. The van der Waals surface area contributed by atoms with Gasteiger partial charge >= 0.3 is 6.03 Å². The second-order valence-corrected chi connectivity index (χ2v) is 6.25. The first-order valence-electron chi connectivity index (χ1n) is 7.16. The first-order chi connectivity index (χ1) is 10.1. The topological polar surface area (TPSA) is 66.6 Å². The minimum absolute atomic E-state index is 0.0764. The molecule has 2 rings (SSSR count). The molecule has 1 aliphatic heterocycles. The van der Waals surface area contributed by atoms with Crippen LogP contribution in [0.15, 0.2) is 35.2 Å². The van der Waals surface area contributed by atoms with Crippen LogP contribution >= 0.6 is 11.8 Å². The van der Waals surface area contributed by atoms with Crippen molar-refractivity contribution in [1.29, 1.82) is 0 Å². The van der Waals surface area contributed by atoms with Crippen molar-refractivity contribution < 1.29 is 9.59 Å². The molecule has 0 unspecified atom stereocenters. The summed E-state index contributed by atoms with van der Waals surface area (Å²) >= 11 is 1.60. The highest BCUT2D eigenvalue weighted by molar-refractivity contribution is 8.00. The molecular formula is C15H21N3O2S. The van der Waals surface area contributed by atoms with Crippen molar-refractivity contribution in [3.05, 3.63) is 30.3 Å². The van der Waals surface area contributed by atoms with Gasteiger partial charge in [-0.3, -0.25) is 4.79 Å². The normalized spacial score (nSPS) is 16.6. The van der Waals surface area contributed by atoms with Crippen LogP contribution in [0.3, 0.4) is 0 Å². The summed E-state index contributed by atoms with van der Waals surface area (Å²) in [5.74, 6) is 0.149. The van der Waals surface area contributed by atoms with Gasteiger partial charge in [-0.25, -0.2) is 4.79 Å². The third-order valence-electron chi connectivity index (χ3n) is 3.57. The highest BCUT2D eigenvalue weighted by Crippen LogP contribution is 2.26. The van der Waals surface area contributed by atoms with Gasteiger partial charge in [-0.05, 0) is 18.6 Å². The summed E-state index contributed by atoms with van der Waals surface area (Å²) in [6, 6.07) is 9.55. The largest absolute Gasteiger partial charge is 0.351 e. The number of nitrogens with zero attached hydrogens (tertiary/aromatic N) is 2. The third kappa shape index (κ3) is 4.14. The van der Waals surface area contributed by atoms with Crippen molar-refractivity contribution in [3.8, 4) is 0 Å². The number of thioether (sulfide) groups is 1. The van der Waals surface area contributed by atoms with Crippen LogP contribution in [-0.2, 0) is 4.79 Å². The highest BCUT2D eigenvalue weighted by atomic mass is 32.2. The Morgan fingerprint density at radius 2 is 1.71 bits per heavy atom. The molecule has 2 N–H and O–H groups in total. The number of hydrogen-bond donors (Lipinski definition) is 1. The lowest BCUT2D eigenvalue weighted by molar-refractivity contribution is -0.132. The molecule has 5 nitrogen and oxygen atoms in total. The van der Waals surface area contributed by atoms with E-state index in [0.717, 1.165) is 11.3 Å². The second-order valence-electron chi connectivity index (χ2n) is 4.98. The number of rotatable bonds is 4. The molecule has 0 radical (unpaired) electrons. The van der Waals surface area contributed by atoms with E-state index in [9.17, 15) is 9.59 Å². The fraction of sp³-hybridized carbons (Fsp3) is 0.467. The minimum atomic E-state index is -0.409. The van der Waals surface area contributed by atoms with Crippen molar-refractivity contribution in [2.45, 2.75) is 23.5 Å². The quantitative estimate of drug-likeness (QED) is 0.862. The van der Waals surface area contributed by atoms with Crippen LogP contribution in [0.25, 0.3) is 0 Å². The zero-order chi connectivity index (χ0) is 15.2. The SMILES string of the molecule is CC[C@@H](Sc1ccccc1)C(=O)N1CCN(C(N)=O)CC1. The minimum Gasteiger partial charge on any atom is -0.351 e. The maximum atomic E-state index is 12.6. The monoisotopic (exact) mass is 307 g/mol. The van der Waals surface area contributed by atoms with Crippen molar-refractivity contribution in [2.24, 2.45) is 5.73 Å². The molecule has 114 valence electrons. The number of primary amides is 1. The molecule has 1 fully saturated rings. The van der Waals surface area contributed by atoms with Gasteiger partial charge in [-0.2, -0.15) is 0 Å². The number of carbonyl (C=O) groups excluding carboxylic acids is 2. The average Bonchev–Trinajstić information content (AvgIpc) is 2.53. The lowest BCUT2D eigenvalue weighted by Gasteiger charge is -2.35. The molecule has 0 saturated carbocycles. The molecule has 1 saturated heterocycles. The van der Waals surface area contributed by atoms with Gasteiger partial charge in [-0.1, -0.05) is 25.1 Å². The van der Waals surface area contributed by atoms with E-state index < -0.39 is 6.03 Å². The summed E-state index contributed by atoms with van der Waals surface area (Å²) in [6.45, 7) is 4.19. The van der Waals surface area contributed by atoms with Gasteiger partial charge in [0.1, 0.15) is 0 Å². The van der Waals surface area contributed by atoms with Crippen LogP contribution in [0.5, 0.6) is 0 Å². The predicted octanol–water partition coefficient (Wildman–Crippen LogP) is 1.78. The number of carbonyl (C=O) groups is 2. The zero-order valence-electron chi connectivity index (χ0n) is 12.2. The Balaban J connectivity index is 1.93. The van der Waals surface area contributed by atoms with Gasteiger partial charge in [0, 0.05) is 31.1 Å². The summed E-state index contributed by atoms with van der Waals surface area (Å²) in [6.07, 6.45) is 0.786. The molecule has 0 aromatic heterocycles. The van der Waals surface area contributed by atoms with Gasteiger partial charge in [0.2, 0.25) is 5.91 Å². The number of piperazine rings is 1. The summed E-state index contributed by atoms with van der Waals surface area (Å²) in [5.41, 5.74) is 5.26. The average molecular weight is 307 g/mol. The molecule has 0 bridgehead atoms. The number of nitrogens with two attached hydrogens (primary N) is 1. The zero-order valence-corrected chi connectivity index (χ0v) is 13.0. The number of benzene rings is 1. The Hall–Kier alpha value is -1.69. The number of hydrogen-bond acceptors (Lipinski definition) is 3. The maximum Gasteiger partial charge on any atom is 0.314 e. The summed E-state index contributed by atoms with van der Waals surface area (Å²) in [5, 5.41) is -0.0764. The lowest BCUT2D eigenvalue weighted by Crippen LogP contribution is -2.53. The molecule has 1 aromatic rings. The predicted molar refractivity (Wildman–Crippen MR) is 84.1 cm³/mol. The molecule has 1 aliphatic rings. The van der Waals surface area contributed by atoms with Crippen LogP contribution in [-0.4, -0.2) is 53.2 Å². The van der Waals surface area contributed by atoms with Crippen LogP contribution in [0, 0.1) is 0 Å². The van der Waals surface area contributed by atoms with E-state index in [1.165, 1.54) is 0 Å². The fourth-order valence-corrected chi connectivity index (χ4v) is 3.38. The molecular weight excluding hydrogens is 286 g/mol. The Bertz CT molecular complexity index is 487. The first-order valence-corrected chi connectivity index (χ1v) is 8.04. The molecule has 0 aliphatic carbocycles. The summed E-state index contributed by atoms with van der Waals surface area (Å²) in [7, 11) is 0. The lowest BCUT2D eigenvalue weighted by atomic mass is 10.2. The van der Waals surface area contributed by atoms with Crippen LogP contribution in [0.4, 0.5) is 4.79 Å². The van der Waals surface area contributed by atoms with Gasteiger partial charge in [-0.15, -0.1) is 11.8 Å². The van der Waals surface area contributed by atoms with Crippen molar-refractivity contribution in [1.82, 2.24) is 9.80 Å². The Morgan fingerprint density at radius 1 is 1.14 bits per heavy atom.